The highest BCUT2D eigenvalue weighted by atomic mass is 16.5. The van der Waals surface area contributed by atoms with Gasteiger partial charge in [0.05, 0.1) is 13.7 Å². The van der Waals surface area contributed by atoms with Crippen molar-refractivity contribution in [2.75, 3.05) is 53.6 Å². The molecular weight excluding hydrogens is 468 g/mol. The predicted octanol–water partition coefficient (Wildman–Crippen LogP) is 4.76. The number of rotatable bonds is 12. The van der Waals surface area contributed by atoms with E-state index in [4.69, 9.17) is 18.9 Å². The smallest absolute Gasteiger partial charge is 0.222 e. The zero-order valence-electron chi connectivity index (χ0n) is 22.9. The van der Waals surface area contributed by atoms with Gasteiger partial charge in [0.1, 0.15) is 18.0 Å². The van der Waals surface area contributed by atoms with E-state index in [1.807, 2.05) is 11.0 Å². The van der Waals surface area contributed by atoms with Crippen molar-refractivity contribution in [1.29, 1.82) is 0 Å². The van der Waals surface area contributed by atoms with Crippen LogP contribution in [0.4, 0.5) is 0 Å². The summed E-state index contributed by atoms with van der Waals surface area (Å²) in [6.07, 6.45) is 4.32. The summed E-state index contributed by atoms with van der Waals surface area (Å²) in [6, 6.07) is 12.5. The quantitative estimate of drug-likeness (QED) is 0.384. The second-order valence-corrected chi connectivity index (χ2v) is 10.4. The molecule has 2 fully saturated rings. The van der Waals surface area contributed by atoms with Crippen LogP contribution in [0.3, 0.4) is 0 Å². The van der Waals surface area contributed by atoms with E-state index >= 15 is 0 Å². The molecule has 1 amide bonds. The predicted molar refractivity (Wildman–Crippen MR) is 145 cm³/mol. The van der Waals surface area contributed by atoms with E-state index in [0.29, 0.717) is 19.6 Å². The molecule has 37 heavy (non-hydrogen) atoms. The minimum absolute atomic E-state index is 0.260. The Hall–Kier alpha value is -2.77. The molecule has 7 nitrogen and oxygen atoms in total. The molecule has 7 heteroatoms. The number of ether oxygens (including phenoxy) is 4. The Morgan fingerprint density at radius 1 is 0.919 bits per heavy atom. The lowest BCUT2D eigenvalue weighted by Gasteiger charge is -2.40. The Morgan fingerprint density at radius 3 is 2.38 bits per heavy atom. The number of aryl methyl sites for hydroxylation is 2. The van der Waals surface area contributed by atoms with E-state index in [2.05, 4.69) is 49.1 Å². The number of hydrogen-bond donors (Lipinski definition) is 0. The summed E-state index contributed by atoms with van der Waals surface area (Å²) in [5, 5.41) is 0. The van der Waals surface area contributed by atoms with E-state index in [9.17, 15) is 4.79 Å². The number of hydrogen-bond acceptors (Lipinski definition) is 6. The average Bonchev–Trinajstić information content (AvgIpc) is 3.32. The maximum Gasteiger partial charge on any atom is 0.222 e. The monoisotopic (exact) mass is 510 g/mol. The third-order valence-electron chi connectivity index (χ3n) is 7.66. The van der Waals surface area contributed by atoms with Crippen LogP contribution < -0.4 is 14.2 Å². The first-order chi connectivity index (χ1) is 17.9. The molecule has 2 aromatic rings. The fourth-order valence-electron chi connectivity index (χ4n) is 5.26. The van der Waals surface area contributed by atoms with E-state index in [-0.39, 0.29) is 11.5 Å². The van der Waals surface area contributed by atoms with Gasteiger partial charge in [-0.25, -0.2) is 0 Å². The van der Waals surface area contributed by atoms with Gasteiger partial charge >= 0.3 is 0 Å². The highest BCUT2D eigenvalue weighted by Crippen LogP contribution is 2.32. The van der Waals surface area contributed by atoms with Crippen molar-refractivity contribution in [3.63, 3.8) is 0 Å². The second-order valence-electron chi connectivity index (χ2n) is 10.4. The van der Waals surface area contributed by atoms with Crippen molar-refractivity contribution < 1.29 is 23.7 Å². The van der Waals surface area contributed by atoms with Gasteiger partial charge in [-0.2, -0.15) is 0 Å². The summed E-state index contributed by atoms with van der Waals surface area (Å²) in [6.45, 7) is 9.68. The van der Waals surface area contributed by atoms with Gasteiger partial charge < -0.3 is 23.8 Å². The van der Waals surface area contributed by atoms with Gasteiger partial charge in [-0.15, -0.1) is 0 Å². The van der Waals surface area contributed by atoms with Crippen molar-refractivity contribution in [2.24, 2.45) is 0 Å². The maximum atomic E-state index is 11.8. The molecule has 0 aromatic heterocycles. The van der Waals surface area contributed by atoms with Gasteiger partial charge in [-0.1, -0.05) is 23.8 Å². The van der Waals surface area contributed by atoms with Crippen LogP contribution in [0.25, 0.3) is 0 Å². The summed E-state index contributed by atoms with van der Waals surface area (Å²) >= 11 is 0. The summed E-state index contributed by atoms with van der Waals surface area (Å²) in [5.74, 6) is 2.69. The number of amides is 1. The van der Waals surface area contributed by atoms with Crippen molar-refractivity contribution in [3.05, 3.63) is 53.1 Å². The fourth-order valence-corrected chi connectivity index (χ4v) is 5.26. The zero-order chi connectivity index (χ0) is 26.3. The van der Waals surface area contributed by atoms with Crippen molar-refractivity contribution in [2.45, 2.75) is 58.1 Å². The molecule has 202 valence electrons. The molecule has 0 radical (unpaired) electrons. The first-order valence-electron chi connectivity index (χ1n) is 13.5. The van der Waals surface area contributed by atoms with Crippen LogP contribution in [-0.2, 0) is 16.1 Å². The van der Waals surface area contributed by atoms with Crippen LogP contribution in [0.15, 0.2) is 36.4 Å². The number of likely N-dealkylation sites (tertiary alicyclic amines) is 2. The highest BCUT2D eigenvalue weighted by molar-refractivity contribution is 5.78. The summed E-state index contributed by atoms with van der Waals surface area (Å²) in [4.78, 5) is 16.1. The van der Waals surface area contributed by atoms with Crippen LogP contribution in [0.5, 0.6) is 17.2 Å². The number of methoxy groups -OCH3 is 2. The topological polar surface area (TPSA) is 60.5 Å². The fraction of sp³-hybridized carbons (Fsp3) is 0.567. The van der Waals surface area contributed by atoms with E-state index in [1.54, 1.807) is 14.2 Å². The molecule has 0 atom stereocenters. The molecule has 2 aromatic carbocycles. The number of carbonyl (C=O) groups excluding carboxylic acids is 1. The molecule has 0 spiro atoms. The Balaban J connectivity index is 1.25. The lowest BCUT2D eigenvalue weighted by atomic mass is 9.91. The lowest BCUT2D eigenvalue weighted by Crippen LogP contribution is -2.48. The largest absolute Gasteiger partial charge is 0.493 e. The molecule has 4 rings (SSSR count). The molecule has 2 saturated heterocycles. The summed E-state index contributed by atoms with van der Waals surface area (Å²) < 4.78 is 23.8. The summed E-state index contributed by atoms with van der Waals surface area (Å²) in [7, 11) is 3.48. The van der Waals surface area contributed by atoms with E-state index < -0.39 is 0 Å². The molecule has 0 aliphatic carbocycles. The summed E-state index contributed by atoms with van der Waals surface area (Å²) in [5.41, 5.74) is 3.34. The van der Waals surface area contributed by atoms with Crippen molar-refractivity contribution in [1.82, 2.24) is 9.80 Å². The molecule has 0 unspecified atom stereocenters. The molecule has 0 bridgehead atoms. The molecule has 2 heterocycles. The van der Waals surface area contributed by atoms with Crippen LogP contribution in [0.1, 0.15) is 48.8 Å². The third kappa shape index (κ3) is 7.17. The van der Waals surface area contributed by atoms with Crippen LogP contribution in [0, 0.1) is 13.8 Å². The first kappa shape index (κ1) is 27.3. The van der Waals surface area contributed by atoms with E-state index in [1.165, 1.54) is 11.1 Å². The second kappa shape index (κ2) is 12.7. The number of benzene rings is 2. The van der Waals surface area contributed by atoms with Gasteiger partial charge in [0.15, 0.2) is 11.5 Å². The SMILES string of the molecule is COc1cc(CN2CCC(COc3ccc(C)cc3C)(OC)CC2)ccc1OCCCN1CCCC1=O. The molecule has 2 aliphatic heterocycles. The van der Waals surface area contributed by atoms with Gasteiger partial charge in [0.25, 0.3) is 0 Å². The number of piperidine rings is 1. The van der Waals surface area contributed by atoms with Crippen LogP contribution >= 0.6 is 0 Å². The number of nitrogens with zero attached hydrogens (tertiary/aromatic N) is 2. The third-order valence-corrected chi connectivity index (χ3v) is 7.66. The minimum atomic E-state index is -0.261. The number of carbonyl (C=O) groups is 1. The van der Waals surface area contributed by atoms with E-state index in [0.717, 1.165) is 81.2 Å². The minimum Gasteiger partial charge on any atom is -0.493 e. The Morgan fingerprint density at radius 2 is 1.70 bits per heavy atom. The van der Waals surface area contributed by atoms with Crippen molar-refractivity contribution in [3.8, 4) is 17.2 Å². The maximum absolute atomic E-state index is 11.8. The zero-order valence-corrected chi connectivity index (χ0v) is 22.9. The lowest BCUT2D eigenvalue weighted by molar-refractivity contribution is -0.127. The van der Waals surface area contributed by atoms with Gasteiger partial charge in [0.2, 0.25) is 5.91 Å². The standard InChI is InChI=1S/C30H42N2O5/c1-23-8-10-26(24(2)19-23)37-22-30(35-4)12-16-31(17-13-30)21-25-9-11-27(28(20-25)34-3)36-18-6-15-32-14-5-7-29(32)33/h8-11,19-20H,5-7,12-18,21-22H2,1-4H3. The molecular formula is C30H42N2O5. The van der Waals surface area contributed by atoms with Crippen LogP contribution in [-0.4, -0.2) is 74.9 Å². The molecule has 0 saturated carbocycles. The highest BCUT2D eigenvalue weighted by Gasteiger charge is 2.35. The first-order valence-corrected chi connectivity index (χ1v) is 13.5. The van der Waals surface area contributed by atoms with Gasteiger partial charge in [-0.3, -0.25) is 9.69 Å². The molecule has 2 aliphatic rings. The average molecular weight is 511 g/mol. The van der Waals surface area contributed by atoms with Gasteiger partial charge in [0, 0.05) is 46.3 Å². The normalized spacial score (nSPS) is 17.7. The van der Waals surface area contributed by atoms with Gasteiger partial charge in [-0.05, 0) is 68.9 Å². The Kier molecular flexibility index (Phi) is 9.33. The Bertz CT molecular complexity index is 1050. The van der Waals surface area contributed by atoms with Crippen molar-refractivity contribution >= 4 is 5.91 Å². The Labute approximate surface area is 221 Å². The van der Waals surface area contributed by atoms with Crippen LogP contribution in [0.2, 0.25) is 0 Å². The molecule has 0 N–H and O–H groups in total.